The van der Waals surface area contributed by atoms with E-state index in [1.54, 1.807) is 0 Å². The van der Waals surface area contributed by atoms with Gasteiger partial charge in [0.05, 0.1) is 6.61 Å². The minimum atomic E-state index is -1.95. The van der Waals surface area contributed by atoms with Crippen molar-refractivity contribution in [1.82, 2.24) is 0 Å². The molecule has 0 saturated carbocycles. The minimum absolute atomic E-state index is 0.0737. The summed E-state index contributed by atoms with van der Waals surface area (Å²) in [4.78, 5) is 20.7. The fourth-order valence-corrected chi connectivity index (χ4v) is 0.478. The molecule has 3 nitrogen and oxygen atoms in total. The van der Waals surface area contributed by atoms with Crippen LogP contribution in [0.3, 0.4) is 0 Å². The molecule has 0 aliphatic carbocycles. The number of rotatable bonds is 3. The molecular weight excluding hydrogens is 207 g/mol. The van der Waals surface area contributed by atoms with E-state index in [1.165, 1.54) is 6.92 Å². The Morgan fingerprint density at radius 1 is 1.70 bits per heavy atom. The van der Waals surface area contributed by atoms with E-state index in [1.807, 2.05) is 0 Å². The van der Waals surface area contributed by atoms with Crippen molar-refractivity contribution in [2.45, 2.75) is 12.0 Å². The third-order valence-electron chi connectivity index (χ3n) is 0.675. The SMILES string of the molecule is CCOC(=O)C(=O)C(F)Br. The highest BCUT2D eigenvalue weighted by molar-refractivity contribution is 9.09. The fraction of sp³-hybridized carbons (Fsp3) is 0.600. The van der Waals surface area contributed by atoms with Crippen LogP contribution in [0.4, 0.5) is 4.39 Å². The van der Waals surface area contributed by atoms with Crippen LogP contribution in [0.5, 0.6) is 0 Å². The molecule has 1 unspecified atom stereocenters. The predicted octanol–water partition coefficient (Wildman–Crippen LogP) is 0.809. The van der Waals surface area contributed by atoms with Crippen molar-refractivity contribution in [3.05, 3.63) is 0 Å². The lowest BCUT2D eigenvalue weighted by atomic mass is 10.4. The average molecular weight is 213 g/mol. The Balaban J connectivity index is 3.83. The maximum absolute atomic E-state index is 11.9. The highest BCUT2D eigenvalue weighted by atomic mass is 79.9. The van der Waals surface area contributed by atoms with E-state index in [9.17, 15) is 14.0 Å². The second-order valence-electron chi connectivity index (χ2n) is 1.39. The molecule has 0 bridgehead atoms. The molecule has 0 fully saturated rings. The molecule has 0 N–H and O–H groups in total. The van der Waals surface area contributed by atoms with Crippen LogP contribution in [0.25, 0.3) is 0 Å². The first-order valence-corrected chi connectivity index (χ1v) is 3.50. The standard InChI is InChI=1S/C5H6BrFO3/c1-2-10-5(9)3(8)4(6)7/h4H,2H2,1H3. The number of carbonyl (C=O) groups is 2. The molecule has 1 atom stereocenters. The average Bonchev–Trinajstić information content (AvgIpc) is 1.87. The summed E-state index contributed by atoms with van der Waals surface area (Å²) in [6, 6.07) is 0. The Hall–Kier alpha value is -0.450. The van der Waals surface area contributed by atoms with Crippen LogP contribution in [0.1, 0.15) is 6.92 Å². The second kappa shape index (κ2) is 4.38. The second-order valence-corrected chi connectivity index (χ2v) is 2.19. The summed E-state index contributed by atoms with van der Waals surface area (Å²) in [5.41, 5.74) is 0. The van der Waals surface area contributed by atoms with E-state index in [0.717, 1.165) is 0 Å². The summed E-state index contributed by atoms with van der Waals surface area (Å²) in [5, 5.41) is -1.95. The van der Waals surface area contributed by atoms with Gasteiger partial charge in [0, 0.05) is 0 Å². The minimum Gasteiger partial charge on any atom is -0.460 e. The van der Waals surface area contributed by atoms with Crippen LogP contribution in [0.15, 0.2) is 0 Å². The van der Waals surface area contributed by atoms with Crippen molar-refractivity contribution in [3.8, 4) is 0 Å². The number of hydrogen-bond acceptors (Lipinski definition) is 3. The Kier molecular flexibility index (Phi) is 4.18. The number of alkyl halides is 2. The van der Waals surface area contributed by atoms with E-state index in [0.29, 0.717) is 0 Å². The fourth-order valence-electron chi connectivity index (χ4n) is 0.291. The molecule has 0 amide bonds. The zero-order valence-corrected chi connectivity index (χ0v) is 6.85. The van der Waals surface area contributed by atoms with Crippen molar-refractivity contribution in [2.24, 2.45) is 0 Å². The molecule has 0 aromatic rings. The predicted molar refractivity (Wildman–Crippen MR) is 35.5 cm³/mol. The van der Waals surface area contributed by atoms with Gasteiger partial charge in [-0.25, -0.2) is 9.18 Å². The molecule has 5 heteroatoms. The van der Waals surface area contributed by atoms with E-state index in [-0.39, 0.29) is 6.61 Å². The monoisotopic (exact) mass is 212 g/mol. The lowest BCUT2D eigenvalue weighted by Crippen LogP contribution is -2.23. The first-order valence-electron chi connectivity index (χ1n) is 2.58. The third-order valence-corrected chi connectivity index (χ3v) is 1.09. The van der Waals surface area contributed by atoms with Gasteiger partial charge >= 0.3 is 5.97 Å². The summed E-state index contributed by atoms with van der Waals surface area (Å²) >= 11 is 2.29. The Morgan fingerprint density at radius 2 is 2.20 bits per heavy atom. The van der Waals surface area contributed by atoms with Gasteiger partial charge in [0.15, 0.2) is 0 Å². The maximum Gasteiger partial charge on any atom is 0.378 e. The number of halogens is 2. The summed E-state index contributed by atoms with van der Waals surface area (Å²) in [6.45, 7) is 1.61. The molecule has 0 aliphatic heterocycles. The molecule has 0 heterocycles. The largest absolute Gasteiger partial charge is 0.460 e. The van der Waals surface area contributed by atoms with Gasteiger partial charge < -0.3 is 4.74 Å². The summed E-state index contributed by atoms with van der Waals surface area (Å²) in [7, 11) is 0. The topological polar surface area (TPSA) is 43.4 Å². The molecule has 0 saturated heterocycles. The molecule has 0 aromatic heterocycles. The molecule has 0 radical (unpaired) electrons. The van der Waals surface area contributed by atoms with Gasteiger partial charge in [0.2, 0.25) is 5.08 Å². The normalized spacial score (nSPS) is 12.3. The van der Waals surface area contributed by atoms with Crippen LogP contribution in [0.2, 0.25) is 0 Å². The van der Waals surface area contributed by atoms with Gasteiger partial charge in [-0.1, -0.05) is 0 Å². The number of hydrogen-bond donors (Lipinski definition) is 0. The Labute approximate surface area is 65.7 Å². The van der Waals surface area contributed by atoms with Crippen molar-refractivity contribution in [1.29, 1.82) is 0 Å². The smallest absolute Gasteiger partial charge is 0.378 e. The van der Waals surface area contributed by atoms with Gasteiger partial charge in [-0.05, 0) is 22.9 Å². The van der Waals surface area contributed by atoms with Gasteiger partial charge in [0.25, 0.3) is 5.78 Å². The number of ether oxygens (including phenoxy) is 1. The van der Waals surface area contributed by atoms with Gasteiger partial charge in [-0.15, -0.1) is 0 Å². The van der Waals surface area contributed by atoms with Gasteiger partial charge in [-0.2, -0.15) is 0 Å². The molecule has 0 spiro atoms. The third kappa shape index (κ3) is 2.91. The van der Waals surface area contributed by atoms with Crippen molar-refractivity contribution >= 4 is 27.7 Å². The molecule has 58 valence electrons. The van der Waals surface area contributed by atoms with Gasteiger partial charge in [0.1, 0.15) is 0 Å². The highest BCUT2D eigenvalue weighted by Gasteiger charge is 2.22. The summed E-state index contributed by atoms with van der Waals surface area (Å²) in [5.74, 6) is -2.35. The quantitative estimate of drug-likeness (QED) is 0.395. The maximum atomic E-state index is 11.9. The molecule has 0 aromatic carbocycles. The van der Waals surface area contributed by atoms with Crippen LogP contribution in [-0.4, -0.2) is 23.4 Å². The number of ketones is 1. The summed E-state index contributed by atoms with van der Waals surface area (Å²) in [6.07, 6.45) is 0. The van der Waals surface area contributed by atoms with Crippen molar-refractivity contribution < 1.29 is 18.7 Å². The zero-order valence-electron chi connectivity index (χ0n) is 5.27. The van der Waals surface area contributed by atoms with Crippen LogP contribution < -0.4 is 0 Å². The first-order chi connectivity index (χ1) is 4.59. The van der Waals surface area contributed by atoms with E-state index in [2.05, 4.69) is 20.7 Å². The lowest BCUT2D eigenvalue weighted by Gasteiger charge is -1.98. The van der Waals surface area contributed by atoms with Crippen LogP contribution >= 0.6 is 15.9 Å². The lowest BCUT2D eigenvalue weighted by molar-refractivity contribution is -0.154. The van der Waals surface area contributed by atoms with Crippen LogP contribution in [-0.2, 0) is 14.3 Å². The number of esters is 1. The molecular formula is C5H6BrFO3. The van der Waals surface area contributed by atoms with E-state index < -0.39 is 16.8 Å². The summed E-state index contributed by atoms with van der Waals surface area (Å²) < 4.78 is 16.1. The van der Waals surface area contributed by atoms with E-state index >= 15 is 0 Å². The Morgan fingerprint density at radius 3 is 2.50 bits per heavy atom. The molecule has 0 rings (SSSR count). The van der Waals surface area contributed by atoms with Gasteiger partial charge in [-0.3, -0.25) is 4.79 Å². The Bertz CT molecular complexity index is 146. The van der Waals surface area contributed by atoms with Crippen molar-refractivity contribution in [3.63, 3.8) is 0 Å². The molecule has 0 aliphatic rings. The highest BCUT2D eigenvalue weighted by Crippen LogP contribution is 2.02. The first kappa shape index (κ1) is 9.55. The van der Waals surface area contributed by atoms with Crippen LogP contribution in [0, 0.1) is 0 Å². The van der Waals surface area contributed by atoms with E-state index in [4.69, 9.17) is 0 Å². The zero-order chi connectivity index (χ0) is 8.15. The number of carbonyl (C=O) groups excluding carboxylic acids is 2. The van der Waals surface area contributed by atoms with Crippen molar-refractivity contribution in [2.75, 3.05) is 6.61 Å². The molecule has 10 heavy (non-hydrogen) atoms. The number of Topliss-reactive ketones (excluding diaryl/α,β-unsaturated/α-hetero) is 1.